The summed E-state index contributed by atoms with van der Waals surface area (Å²) >= 11 is 0. The van der Waals surface area contributed by atoms with Crippen LogP contribution in [0, 0.1) is 5.92 Å². The molecule has 3 nitrogen and oxygen atoms in total. The highest BCUT2D eigenvalue weighted by atomic mass is 16.3. The number of aromatic nitrogens is 1. The van der Waals surface area contributed by atoms with Crippen molar-refractivity contribution in [2.75, 3.05) is 0 Å². The van der Waals surface area contributed by atoms with E-state index in [0.29, 0.717) is 12.5 Å². The van der Waals surface area contributed by atoms with Gasteiger partial charge in [0.05, 0.1) is 6.20 Å². The zero-order valence-corrected chi connectivity index (χ0v) is 8.12. The molecule has 0 saturated heterocycles. The van der Waals surface area contributed by atoms with Crippen molar-refractivity contribution in [3.05, 3.63) is 23.5 Å². The van der Waals surface area contributed by atoms with Crippen LogP contribution in [0.1, 0.15) is 25.1 Å². The van der Waals surface area contributed by atoms with Gasteiger partial charge in [0.1, 0.15) is 5.75 Å². The van der Waals surface area contributed by atoms with E-state index in [1.54, 1.807) is 0 Å². The predicted octanol–water partition coefficient (Wildman–Crippen LogP) is 1.44. The highest BCUT2D eigenvalue weighted by Gasteiger charge is 2.03. The Morgan fingerprint density at radius 3 is 2.77 bits per heavy atom. The molecule has 13 heavy (non-hydrogen) atoms. The SMILES string of the molecule is CC(C)Cc1cc(CN)c(O)cn1. The zero-order chi connectivity index (χ0) is 9.84. The summed E-state index contributed by atoms with van der Waals surface area (Å²) < 4.78 is 0. The number of hydrogen-bond donors (Lipinski definition) is 2. The zero-order valence-electron chi connectivity index (χ0n) is 8.12. The second kappa shape index (κ2) is 4.23. The fourth-order valence-corrected chi connectivity index (χ4v) is 1.23. The van der Waals surface area contributed by atoms with Crippen molar-refractivity contribution < 1.29 is 5.11 Å². The van der Waals surface area contributed by atoms with Gasteiger partial charge >= 0.3 is 0 Å². The lowest BCUT2D eigenvalue weighted by Gasteiger charge is -2.06. The van der Waals surface area contributed by atoms with Crippen molar-refractivity contribution >= 4 is 0 Å². The van der Waals surface area contributed by atoms with Crippen molar-refractivity contribution in [3.8, 4) is 5.75 Å². The lowest BCUT2D eigenvalue weighted by molar-refractivity contribution is 0.464. The van der Waals surface area contributed by atoms with E-state index in [9.17, 15) is 5.11 Å². The van der Waals surface area contributed by atoms with Crippen LogP contribution in [0.5, 0.6) is 5.75 Å². The van der Waals surface area contributed by atoms with Crippen LogP contribution >= 0.6 is 0 Å². The van der Waals surface area contributed by atoms with Crippen LogP contribution in [0.15, 0.2) is 12.3 Å². The van der Waals surface area contributed by atoms with Gasteiger partial charge in [-0.2, -0.15) is 0 Å². The summed E-state index contributed by atoms with van der Waals surface area (Å²) in [6, 6.07) is 1.87. The maximum atomic E-state index is 9.33. The molecular weight excluding hydrogens is 164 g/mol. The van der Waals surface area contributed by atoms with Crippen molar-refractivity contribution in [2.45, 2.75) is 26.8 Å². The maximum absolute atomic E-state index is 9.33. The van der Waals surface area contributed by atoms with E-state index in [4.69, 9.17) is 5.73 Å². The Balaban J connectivity index is 2.86. The first kappa shape index (κ1) is 9.99. The Labute approximate surface area is 78.6 Å². The molecule has 3 N–H and O–H groups in total. The first-order valence-corrected chi connectivity index (χ1v) is 4.50. The minimum Gasteiger partial charge on any atom is -0.506 e. The monoisotopic (exact) mass is 180 g/mol. The molecule has 1 aromatic heterocycles. The van der Waals surface area contributed by atoms with Crippen LogP contribution in [-0.2, 0) is 13.0 Å². The van der Waals surface area contributed by atoms with Gasteiger partial charge in [-0.05, 0) is 18.4 Å². The summed E-state index contributed by atoms with van der Waals surface area (Å²) in [5.41, 5.74) is 7.23. The van der Waals surface area contributed by atoms with Gasteiger partial charge in [-0.1, -0.05) is 13.8 Å². The minimum atomic E-state index is 0.190. The van der Waals surface area contributed by atoms with Crippen LogP contribution in [0.3, 0.4) is 0 Å². The van der Waals surface area contributed by atoms with E-state index in [1.807, 2.05) is 6.07 Å². The number of aromatic hydroxyl groups is 1. The van der Waals surface area contributed by atoms with E-state index < -0.39 is 0 Å². The second-order valence-corrected chi connectivity index (χ2v) is 3.61. The molecule has 0 fully saturated rings. The summed E-state index contributed by atoms with van der Waals surface area (Å²) in [4.78, 5) is 4.12. The normalized spacial score (nSPS) is 10.8. The Morgan fingerprint density at radius 1 is 1.54 bits per heavy atom. The van der Waals surface area contributed by atoms with E-state index in [0.717, 1.165) is 17.7 Å². The summed E-state index contributed by atoms with van der Waals surface area (Å²) in [6.45, 7) is 4.63. The number of nitrogens with zero attached hydrogens (tertiary/aromatic N) is 1. The van der Waals surface area contributed by atoms with Gasteiger partial charge in [0.15, 0.2) is 0 Å². The van der Waals surface area contributed by atoms with Gasteiger partial charge in [0, 0.05) is 17.8 Å². The molecule has 0 aliphatic heterocycles. The number of rotatable bonds is 3. The molecule has 1 aromatic rings. The molecule has 0 bridgehead atoms. The Kier molecular flexibility index (Phi) is 3.25. The van der Waals surface area contributed by atoms with E-state index in [2.05, 4.69) is 18.8 Å². The van der Waals surface area contributed by atoms with Crippen molar-refractivity contribution in [2.24, 2.45) is 11.7 Å². The number of pyridine rings is 1. The Hall–Kier alpha value is -1.09. The van der Waals surface area contributed by atoms with Crippen LogP contribution in [0.25, 0.3) is 0 Å². The summed E-state index contributed by atoms with van der Waals surface area (Å²) in [5, 5.41) is 9.33. The van der Waals surface area contributed by atoms with Crippen LogP contribution in [-0.4, -0.2) is 10.1 Å². The molecule has 0 aromatic carbocycles. The molecule has 0 spiro atoms. The lowest BCUT2D eigenvalue weighted by Crippen LogP contribution is -2.02. The molecule has 0 unspecified atom stereocenters. The van der Waals surface area contributed by atoms with Crippen molar-refractivity contribution in [1.29, 1.82) is 0 Å². The third kappa shape index (κ3) is 2.70. The van der Waals surface area contributed by atoms with E-state index in [1.165, 1.54) is 6.20 Å². The number of hydrogen-bond acceptors (Lipinski definition) is 3. The molecule has 72 valence electrons. The lowest BCUT2D eigenvalue weighted by atomic mass is 10.1. The topological polar surface area (TPSA) is 59.1 Å². The van der Waals surface area contributed by atoms with Crippen LogP contribution in [0.2, 0.25) is 0 Å². The summed E-state index contributed by atoms with van der Waals surface area (Å²) in [5.74, 6) is 0.762. The van der Waals surface area contributed by atoms with Gasteiger partial charge in [-0.15, -0.1) is 0 Å². The fraction of sp³-hybridized carbons (Fsp3) is 0.500. The molecule has 3 heteroatoms. The van der Waals surface area contributed by atoms with Gasteiger partial charge in [-0.25, -0.2) is 0 Å². The maximum Gasteiger partial charge on any atom is 0.138 e. The molecule has 0 saturated carbocycles. The molecule has 0 atom stereocenters. The van der Waals surface area contributed by atoms with E-state index in [-0.39, 0.29) is 5.75 Å². The molecule has 1 heterocycles. The van der Waals surface area contributed by atoms with Crippen molar-refractivity contribution in [3.63, 3.8) is 0 Å². The molecule has 0 aliphatic rings. The number of nitrogens with two attached hydrogens (primary N) is 1. The smallest absolute Gasteiger partial charge is 0.138 e. The summed E-state index contributed by atoms with van der Waals surface area (Å²) in [7, 11) is 0. The van der Waals surface area contributed by atoms with Gasteiger partial charge < -0.3 is 10.8 Å². The fourth-order valence-electron chi connectivity index (χ4n) is 1.23. The molecule has 0 aliphatic carbocycles. The highest BCUT2D eigenvalue weighted by Crippen LogP contribution is 2.16. The Bertz CT molecular complexity index is 284. The largest absolute Gasteiger partial charge is 0.506 e. The third-order valence-corrected chi connectivity index (χ3v) is 1.86. The van der Waals surface area contributed by atoms with Crippen LogP contribution < -0.4 is 5.73 Å². The molecular formula is C10H16N2O. The first-order valence-electron chi connectivity index (χ1n) is 4.50. The minimum absolute atomic E-state index is 0.190. The second-order valence-electron chi connectivity index (χ2n) is 3.61. The van der Waals surface area contributed by atoms with Crippen molar-refractivity contribution in [1.82, 2.24) is 4.98 Å². The third-order valence-electron chi connectivity index (χ3n) is 1.86. The van der Waals surface area contributed by atoms with Gasteiger partial charge in [0.2, 0.25) is 0 Å². The average Bonchev–Trinajstić information content (AvgIpc) is 2.07. The predicted molar refractivity (Wildman–Crippen MR) is 52.3 cm³/mol. The Morgan fingerprint density at radius 2 is 2.23 bits per heavy atom. The van der Waals surface area contributed by atoms with Gasteiger partial charge in [-0.3, -0.25) is 4.98 Å². The molecule has 0 amide bonds. The quantitative estimate of drug-likeness (QED) is 0.740. The molecule has 0 radical (unpaired) electrons. The first-order chi connectivity index (χ1) is 6.13. The highest BCUT2D eigenvalue weighted by molar-refractivity contribution is 5.30. The average molecular weight is 180 g/mol. The summed E-state index contributed by atoms with van der Waals surface area (Å²) in [6.07, 6.45) is 2.40. The van der Waals surface area contributed by atoms with Gasteiger partial charge in [0.25, 0.3) is 0 Å². The van der Waals surface area contributed by atoms with E-state index >= 15 is 0 Å². The molecule has 1 rings (SSSR count). The standard InChI is InChI=1S/C10H16N2O/c1-7(2)3-9-4-8(5-11)10(13)6-12-9/h4,6-7,13H,3,5,11H2,1-2H3. The van der Waals surface area contributed by atoms with Crippen LogP contribution in [0.4, 0.5) is 0 Å².